The minimum absolute atomic E-state index is 0.0418. The van der Waals surface area contributed by atoms with Crippen LogP contribution in [0.15, 0.2) is 12.3 Å². The van der Waals surface area contributed by atoms with Gasteiger partial charge in [-0.3, -0.25) is 9.59 Å². The van der Waals surface area contributed by atoms with Gasteiger partial charge in [-0.1, -0.05) is 0 Å². The third-order valence-electron chi connectivity index (χ3n) is 7.55. The maximum absolute atomic E-state index is 14.4. The fourth-order valence-corrected chi connectivity index (χ4v) is 6.14. The standard InChI is InChI=1S/C27H34F3N5O3S/c1-14-5-4-10-35(14)25(37)21-22(39-24(34-21)23(36)32-13-26(2,3)38)17-12-31-19(11-18(17)27(28,29)30)33-20(15-6-7-15)16-8-9-16/h11-12,14-16,20,38H,4-10,13H2,1-3H3,(H,31,33)(H,32,36). The Kier molecular flexibility index (Phi) is 7.38. The van der Waals surface area contributed by atoms with E-state index in [9.17, 15) is 27.9 Å². The number of nitrogens with zero attached hydrogens (tertiary/aromatic N) is 3. The summed E-state index contributed by atoms with van der Waals surface area (Å²) in [4.78, 5) is 36.5. The maximum atomic E-state index is 14.4. The lowest BCUT2D eigenvalue weighted by Crippen LogP contribution is -2.38. The van der Waals surface area contributed by atoms with Crippen molar-refractivity contribution in [1.82, 2.24) is 20.2 Å². The second kappa shape index (κ2) is 10.3. The Labute approximate surface area is 229 Å². The molecule has 2 amide bonds. The summed E-state index contributed by atoms with van der Waals surface area (Å²) >= 11 is 0.727. The van der Waals surface area contributed by atoms with Gasteiger partial charge in [0.25, 0.3) is 11.8 Å². The number of carbonyl (C=O) groups is 2. The van der Waals surface area contributed by atoms with Crippen LogP contribution in [0.2, 0.25) is 0 Å². The van der Waals surface area contributed by atoms with Gasteiger partial charge in [-0.15, -0.1) is 11.3 Å². The van der Waals surface area contributed by atoms with Crippen molar-refractivity contribution in [3.63, 3.8) is 0 Å². The second-order valence-electron chi connectivity index (χ2n) is 11.6. The molecule has 212 valence electrons. The first-order valence-corrected chi connectivity index (χ1v) is 14.3. The number of aliphatic hydroxyl groups is 1. The first-order chi connectivity index (χ1) is 18.3. The smallest absolute Gasteiger partial charge is 0.389 e. The molecule has 3 heterocycles. The number of likely N-dealkylation sites (tertiary alicyclic amines) is 1. The van der Waals surface area contributed by atoms with Crippen LogP contribution in [0, 0.1) is 11.8 Å². The molecule has 2 saturated carbocycles. The van der Waals surface area contributed by atoms with Crippen molar-refractivity contribution < 1.29 is 27.9 Å². The molecule has 1 aliphatic heterocycles. The van der Waals surface area contributed by atoms with Crippen LogP contribution in [-0.2, 0) is 6.18 Å². The normalized spacial score (nSPS) is 20.0. The van der Waals surface area contributed by atoms with Gasteiger partial charge in [-0.25, -0.2) is 9.97 Å². The predicted molar refractivity (Wildman–Crippen MR) is 142 cm³/mol. The zero-order valence-electron chi connectivity index (χ0n) is 22.3. The molecule has 2 aromatic heterocycles. The fourth-order valence-electron chi connectivity index (χ4n) is 5.14. The van der Waals surface area contributed by atoms with E-state index >= 15 is 0 Å². The lowest BCUT2D eigenvalue weighted by molar-refractivity contribution is -0.137. The maximum Gasteiger partial charge on any atom is 0.417 e. The third-order valence-corrected chi connectivity index (χ3v) is 8.64. The van der Waals surface area contributed by atoms with Crippen molar-refractivity contribution in [3.8, 4) is 10.4 Å². The van der Waals surface area contributed by atoms with Crippen LogP contribution < -0.4 is 10.6 Å². The molecule has 0 spiro atoms. The molecule has 2 aliphatic carbocycles. The van der Waals surface area contributed by atoms with Crippen LogP contribution in [0.5, 0.6) is 0 Å². The lowest BCUT2D eigenvalue weighted by Gasteiger charge is -2.22. The van der Waals surface area contributed by atoms with Crippen LogP contribution in [0.1, 0.15) is 85.2 Å². The Hall–Kier alpha value is -2.73. The van der Waals surface area contributed by atoms with Gasteiger partial charge < -0.3 is 20.6 Å². The number of rotatable bonds is 9. The zero-order valence-corrected chi connectivity index (χ0v) is 23.1. The fraction of sp³-hybridized carbons (Fsp3) is 0.630. The lowest BCUT2D eigenvalue weighted by atomic mass is 10.0. The van der Waals surface area contributed by atoms with Gasteiger partial charge in [0.2, 0.25) is 0 Å². The number of thiazole rings is 1. The molecule has 8 nitrogen and oxygen atoms in total. The summed E-state index contributed by atoms with van der Waals surface area (Å²) in [6.07, 6.45) is 2.25. The quantitative estimate of drug-likeness (QED) is 0.397. The number of alkyl halides is 3. The van der Waals surface area contributed by atoms with Crippen molar-refractivity contribution in [3.05, 3.63) is 28.5 Å². The van der Waals surface area contributed by atoms with Crippen molar-refractivity contribution in [1.29, 1.82) is 0 Å². The van der Waals surface area contributed by atoms with E-state index in [0.29, 0.717) is 18.4 Å². The van der Waals surface area contributed by atoms with Crippen molar-refractivity contribution in [2.45, 2.75) is 83.2 Å². The summed E-state index contributed by atoms with van der Waals surface area (Å²) in [7, 11) is 0. The van der Waals surface area contributed by atoms with Gasteiger partial charge in [-0.05, 0) is 77.2 Å². The van der Waals surface area contributed by atoms with E-state index in [0.717, 1.165) is 62.1 Å². The van der Waals surface area contributed by atoms with Gasteiger partial charge in [0.15, 0.2) is 5.01 Å². The van der Waals surface area contributed by atoms with Crippen LogP contribution in [0.4, 0.5) is 19.0 Å². The molecule has 1 atom stereocenters. The Balaban J connectivity index is 1.53. The summed E-state index contributed by atoms with van der Waals surface area (Å²) in [5.74, 6) is -0.0967. The molecule has 0 aromatic carbocycles. The number of halogens is 3. The van der Waals surface area contributed by atoms with Gasteiger partial charge in [0.1, 0.15) is 11.5 Å². The number of nitrogens with one attached hydrogen (secondary N) is 2. The molecular weight excluding hydrogens is 531 g/mol. The van der Waals surface area contributed by atoms with E-state index in [1.807, 2.05) is 6.92 Å². The Morgan fingerprint density at radius 1 is 1.18 bits per heavy atom. The molecule has 3 aliphatic rings. The van der Waals surface area contributed by atoms with Gasteiger partial charge >= 0.3 is 6.18 Å². The Morgan fingerprint density at radius 2 is 1.85 bits per heavy atom. The molecule has 1 saturated heterocycles. The first kappa shape index (κ1) is 27.8. The van der Waals surface area contributed by atoms with Crippen LogP contribution in [0.25, 0.3) is 10.4 Å². The molecule has 39 heavy (non-hydrogen) atoms. The van der Waals surface area contributed by atoms with E-state index in [4.69, 9.17) is 0 Å². The summed E-state index contributed by atoms with van der Waals surface area (Å²) < 4.78 is 43.3. The minimum atomic E-state index is -4.72. The summed E-state index contributed by atoms with van der Waals surface area (Å²) in [5, 5.41) is 15.6. The average molecular weight is 566 g/mol. The van der Waals surface area contributed by atoms with Crippen molar-refractivity contribution in [2.75, 3.05) is 18.4 Å². The molecular formula is C27H34F3N5O3S. The molecule has 0 bridgehead atoms. The van der Waals surface area contributed by atoms with Crippen LogP contribution in [-0.4, -0.2) is 62.6 Å². The number of amides is 2. The molecule has 5 rings (SSSR count). The van der Waals surface area contributed by atoms with E-state index < -0.39 is 29.2 Å². The molecule has 3 fully saturated rings. The second-order valence-corrected chi connectivity index (χ2v) is 12.6. The number of pyridine rings is 1. The summed E-state index contributed by atoms with van der Waals surface area (Å²) in [5.41, 5.74) is -2.60. The minimum Gasteiger partial charge on any atom is -0.389 e. The van der Waals surface area contributed by atoms with E-state index in [-0.39, 0.29) is 45.6 Å². The highest BCUT2D eigenvalue weighted by molar-refractivity contribution is 7.17. The van der Waals surface area contributed by atoms with Gasteiger partial charge in [0, 0.05) is 36.9 Å². The van der Waals surface area contributed by atoms with Crippen molar-refractivity contribution >= 4 is 29.0 Å². The first-order valence-electron chi connectivity index (χ1n) is 13.5. The molecule has 2 aromatic rings. The van der Waals surface area contributed by atoms with E-state index in [1.165, 1.54) is 13.8 Å². The summed E-state index contributed by atoms with van der Waals surface area (Å²) in [6.45, 7) is 5.28. The van der Waals surface area contributed by atoms with Crippen LogP contribution in [0.3, 0.4) is 0 Å². The highest BCUT2D eigenvalue weighted by Gasteiger charge is 2.43. The topological polar surface area (TPSA) is 107 Å². The van der Waals surface area contributed by atoms with E-state index in [2.05, 4.69) is 20.6 Å². The number of hydrogen-bond acceptors (Lipinski definition) is 7. The number of hydrogen-bond donors (Lipinski definition) is 3. The van der Waals surface area contributed by atoms with Gasteiger partial charge in [0.05, 0.1) is 16.0 Å². The Morgan fingerprint density at radius 3 is 2.38 bits per heavy atom. The Bertz CT molecular complexity index is 1240. The van der Waals surface area contributed by atoms with Crippen LogP contribution >= 0.6 is 11.3 Å². The third kappa shape index (κ3) is 6.37. The average Bonchev–Trinajstić information content (AvgIpc) is 3.79. The number of carbonyl (C=O) groups excluding carboxylic acids is 2. The highest BCUT2D eigenvalue weighted by atomic mass is 32.1. The van der Waals surface area contributed by atoms with Crippen molar-refractivity contribution in [2.24, 2.45) is 11.8 Å². The molecule has 1 unspecified atom stereocenters. The van der Waals surface area contributed by atoms with Gasteiger partial charge in [-0.2, -0.15) is 13.2 Å². The number of aromatic nitrogens is 2. The molecule has 12 heteroatoms. The largest absolute Gasteiger partial charge is 0.417 e. The number of anilines is 1. The zero-order chi connectivity index (χ0) is 28.1. The van der Waals surface area contributed by atoms with E-state index in [1.54, 1.807) is 4.90 Å². The molecule has 3 N–H and O–H groups in total. The monoisotopic (exact) mass is 565 g/mol. The summed E-state index contributed by atoms with van der Waals surface area (Å²) in [6, 6.07) is 1.04. The molecule has 0 radical (unpaired) electrons. The SMILES string of the molecule is CC1CCCN1C(=O)c1nc(C(=O)NCC(C)(C)O)sc1-c1cnc(NC(C2CC2)C2CC2)cc1C(F)(F)F. The predicted octanol–water partition coefficient (Wildman–Crippen LogP) is 4.95. The highest BCUT2D eigenvalue weighted by Crippen LogP contribution is 2.47.